The van der Waals surface area contributed by atoms with E-state index in [0.29, 0.717) is 24.3 Å². The lowest BCUT2D eigenvalue weighted by Crippen LogP contribution is -2.55. The standard InChI is InChI=1S/C35H56N6O7/c1-8-23(6)32(35(47)37-17-24(7)42)41-33(45)27(22(4)5)16-30(43)28(14-21(2)3)40-34(46)29(15-25-18-36-20-38-25)39-31(44)19-48-26-12-10-9-11-13-26/h9-13,18,20-24,27-30,32,42-43H,8,14-17,19H2,1-7H3,(H,36,38)(H,37,47)(H,39,44)(H,40,46)(H,41,45)/t23-,24?,27-,28?,29-,30-,32-/m0/s1. The molecule has 0 radical (unpaired) electrons. The summed E-state index contributed by atoms with van der Waals surface area (Å²) in [7, 11) is 0. The summed E-state index contributed by atoms with van der Waals surface area (Å²) in [5.41, 5.74) is 0.630. The Hall–Kier alpha value is -3.97. The van der Waals surface area contributed by atoms with Crippen LogP contribution in [0.25, 0.3) is 0 Å². The summed E-state index contributed by atoms with van der Waals surface area (Å²) in [5.74, 6) is -2.18. The van der Waals surface area contributed by atoms with Gasteiger partial charge in [0.25, 0.3) is 5.91 Å². The van der Waals surface area contributed by atoms with E-state index in [1.807, 2.05) is 47.6 Å². The number of rotatable bonds is 21. The van der Waals surface area contributed by atoms with E-state index in [-0.39, 0.29) is 55.6 Å². The van der Waals surface area contributed by atoms with Gasteiger partial charge in [-0.25, -0.2) is 4.98 Å². The topological polar surface area (TPSA) is 195 Å². The van der Waals surface area contributed by atoms with Crippen molar-refractivity contribution in [2.75, 3.05) is 13.2 Å². The fraction of sp³-hybridized carbons (Fsp3) is 0.629. The molecule has 2 unspecified atom stereocenters. The van der Waals surface area contributed by atoms with E-state index in [1.54, 1.807) is 37.4 Å². The minimum Gasteiger partial charge on any atom is -0.484 e. The highest BCUT2D eigenvalue weighted by molar-refractivity contribution is 5.89. The van der Waals surface area contributed by atoms with Gasteiger partial charge in [0.05, 0.1) is 24.6 Å². The predicted octanol–water partition coefficient (Wildman–Crippen LogP) is 2.10. The highest BCUT2D eigenvalue weighted by atomic mass is 16.5. The number of nitrogens with one attached hydrogen (secondary N) is 5. The van der Waals surface area contributed by atoms with Gasteiger partial charge in [0.2, 0.25) is 17.7 Å². The number of benzene rings is 1. The van der Waals surface area contributed by atoms with Crippen molar-refractivity contribution in [1.82, 2.24) is 31.2 Å². The third-order valence-corrected chi connectivity index (χ3v) is 8.26. The smallest absolute Gasteiger partial charge is 0.258 e. The quantitative estimate of drug-likeness (QED) is 0.105. The molecule has 0 saturated heterocycles. The number of aliphatic hydroxyl groups is 2. The van der Waals surface area contributed by atoms with Crippen LogP contribution in [0.15, 0.2) is 42.9 Å². The lowest BCUT2D eigenvalue weighted by Gasteiger charge is -2.32. The van der Waals surface area contributed by atoms with Crippen LogP contribution in [0.1, 0.15) is 73.4 Å². The number of nitrogens with zero attached hydrogens (tertiary/aromatic N) is 1. The number of hydrogen-bond acceptors (Lipinski definition) is 8. The number of hydrogen-bond donors (Lipinski definition) is 7. The number of ether oxygens (including phenoxy) is 1. The summed E-state index contributed by atoms with van der Waals surface area (Å²) < 4.78 is 5.55. The first kappa shape index (κ1) is 40.2. The summed E-state index contributed by atoms with van der Waals surface area (Å²) in [5, 5.41) is 32.4. The molecule has 13 heteroatoms. The van der Waals surface area contributed by atoms with Gasteiger partial charge in [0.1, 0.15) is 17.8 Å². The second-order valence-electron chi connectivity index (χ2n) is 13.4. The first-order valence-corrected chi connectivity index (χ1v) is 16.9. The van der Waals surface area contributed by atoms with Crippen molar-refractivity contribution in [1.29, 1.82) is 0 Å². The maximum atomic E-state index is 13.7. The maximum absolute atomic E-state index is 13.7. The van der Waals surface area contributed by atoms with Crippen LogP contribution in [0, 0.1) is 23.7 Å². The molecule has 0 aliphatic rings. The van der Waals surface area contributed by atoms with Gasteiger partial charge in [-0.1, -0.05) is 66.2 Å². The average molecular weight is 673 g/mol. The van der Waals surface area contributed by atoms with Gasteiger partial charge in [-0.3, -0.25) is 19.2 Å². The lowest BCUT2D eigenvalue weighted by atomic mass is 9.85. The Morgan fingerprint density at radius 2 is 1.58 bits per heavy atom. The van der Waals surface area contributed by atoms with Crippen LogP contribution in [0.3, 0.4) is 0 Å². The first-order valence-electron chi connectivity index (χ1n) is 16.9. The van der Waals surface area contributed by atoms with Crippen LogP contribution < -0.4 is 26.0 Å². The maximum Gasteiger partial charge on any atom is 0.258 e. The number of amides is 4. The molecule has 13 nitrogen and oxygen atoms in total. The summed E-state index contributed by atoms with van der Waals surface area (Å²) in [4.78, 5) is 60.1. The van der Waals surface area contributed by atoms with Gasteiger partial charge in [0, 0.05) is 30.8 Å². The van der Waals surface area contributed by atoms with Gasteiger partial charge in [0.15, 0.2) is 6.61 Å². The minimum absolute atomic E-state index is 0.0339. The van der Waals surface area contributed by atoms with Gasteiger partial charge < -0.3 is 41.2 Å². The third-order valence-electron chi connectivity index (χ3n) is 8.26. The Morgan fingerprint density at radius 3 is 2.15 bits per heavy atom. The average Bonchev–Trinajstić information content (AvgIpc) is 3.56. The number of imidazole rings is 1. The summed E-state index contributed by atoms with van der Waals surface area (Å²) in [6.07, 6.45) is 2.42. The SMILES string of the molecule is CC[C@H](C)[C@H](NC(=O)[C@@H](C[C@H](O)C(CC(C)C)NC(=O)[C@H](Cc1cnc[nH]1)NC(=O)COc1ccccc1)C(C)C)C(=O)NCC(C)O. The van der Waals surface area contributed by atoms with Gasteiger partial charge >= 0.3 is 0 Å². The van der Waals surface area contributed by atoms with E-state index in [2.05, 4.69) is 31.2 Å². The molecule has 1 aromatic carbocycles. The van der Waals surface area contributed by atoms with E-state index < -0.39 is 48.1 Å². The van der Waals surface area contributed by atoms with Gasteiger partial charge in [-0.05, 0) is 49.7 Å². The molecule has 2 aromatic rings. The number of aromatic nitrogens is 2. The molecule has 7 N–H and O–H groups in total. The zero-order chi connectivity index (χ0) is 35.8. The van der Waals surface area contributed by atoms with Crippen LogP contribution in [-0.4, -0.2) is 87.3 Å². The molecule has 1 heterocycles. The number of para-hydroxylation sites is 1. The second-order valence-corrected chi connectivity index (χ2v) is 13.4. The number of aromatic amines is 1. The molecule has 0 spiro atoms. The molecular formula is C35H56N6O7. The van der Waals surface area contributed by atoms with Crippen molar-refractivity contribution in [3.63, 3.8) is 0 Å². The summed E-state index contributed by atoms with van der Waals surface area (Å²) in [6, 6.07) is 6.31. The lowest BCUT2D eigenvalue weighted by molar-refractivity contribution is -0.134. The molecule has 0 bridgehead atoms. The molecular weight excluding hydrogens is 616 g/mol. The molecule has 7 atom stereocenters. The van der Waals surface area contributed by atoms with Crippen molar-refractivity contribution >= 4 is 23.6 Å². The van der Waals surface area contributed by atoms with Crippen molar-refractivity contribution in [2.24, 2.45) is 23.7 Å². The number of carbonyl (C=O) groups excluding carboxylic acids is 4. The van der Waals surface area contributed by atoms with E-state index in [4.69, 9.17) is 4.74 Å². The van der Waals surface area contributed by atoms with Crippen LogP contribution >= 0.6 is 0 Å². The van der Waals surface area contributed by atoms with Crippen LogP contribution in [-0.2, 0) is 25.6 Å². The largest absolute Gasteiger partial charge is 0.484 e. The van der Waals surface area contributed by atoms with E-state index in [9.17, 15) is 29.4 Å². The van der Waals surface area contributed by atoms with E-state index in [0.717, 1.165) is 0 Å². The Kier molecular flexibility index (Phi) is 17.1. The Morgan fingerprint density at radius 1 is 0.896 bits per heavy atom. The Bertz CT molecular complexity index is 1260. The zero-order valence-electron chi connectivity index (χ0n) is 29.4. The predicted molar refractivity (Wildman–Crippen MR) is 183 cm³/mol. The first-order chi connectivity index (χ1) is 22.7. The molecule has 0 aliphatic carbocycles. The molecule has 1 aromatic heterocycles. The number of carbonyl (C=O) groups is 4. The number of aliphatic hydroxyl groups excluding tert-OH is 2. The van der Waals surface area contributed by atoms with Crippen molar-refractivity contribution in [3.8, 4) is 5.75 Å². The highest BCUT2D eigenvalue weighted by Crippen LogP contribution is 2.23. The zero-order valence-corrected chi connectivity index (χ0v) is 29.4. The van der Waals surface area contributed by atoms with Crippen molar-refractivity contribution in [2.45, 2.75) is 104 Å². The fourth-order valence-corrected chi connectivity index (χ4v) is 5.26. The van der Waals surface area contributed by atoms with Crippen LogP contribution in [0.4, 0.5) is 0 Å². The highest BCUT2D eigenvalue weighted by Gasteiger charge is 2.35. The normalized spacial score (nSPS) is 15.8. The fourth-order valence-electron chi connectivity index (χ4n) is 5.26. The molecule has 0 saturated carbocycles. The molecule has 0 aliphatic heterocycles. The van der Waals surface area contributed by atoms with Crippen LogP contribution in [0.2, 0.25) is 0 Å². The molecule has 2 rings (SSSR count). The van der Waals surface area contributed by atoms with Crippen molar-refractivity contribution < 1.29 is 34.1 Å². The number of H-pyrrole nitrogens is 1. The van der Waals surface area contributed by atoms with Gasteiger partial charge in [-0.15, -0.1) is 0 Å². The third kappa shape index (κ3) is 14.0. The molecule has 268 valence electrons. The Balaban J connectivity index is 2.19. The van der Waals surface area contributed by atoms with E-state index >= 15 is 0 Å². The Labute approximate surface area is 284 Å². The molecule has 4 amide bonds. The monoisotopic (exact) mass is 672 g/mol. The van der Waals surface area contributed by atoms with Crippen LogP contribution in [0.5, 0.6) is 5.75 Å². The summed E-state index contributed by atoms with van der Waals surface area (Å²) >= 11 is 0. The molecule has 0 fully saturated rings. The van der Waals surface area contributed by atoms with Crippen molar-refractivity contribution in [3.05, 3.63) is 48.5 Å². The second kappa shape index (κ2) is 20.4. The van der Waals surface area contributed by atoms with Gasteiger partial charge in [-0.2, -0.15) is 0 Å². The molecule has 48 heavy (non-hydrogen) atoms. The summed E-state index contributed by atoms with van der Waals surface area (Å²) in [6.45, 7) is 12.8. The van der Waals surface area contributed by atoms with E-state index in [1.165, 1.54) is 6.33 Å². The minimum atomic E-state index is -1.11.